The number of pyridine rings is 1. The fourth-order valence-electron chi connectivity index (χ4n) is 1.76. The summed E-state index contributed by atoms with van der Waals surface area (Å²) in [5.74, 6) is 0.419. The van der Waals surface area contributed by atoms with Crippen molar-refractivity contribution < 1.29 is 13.2 Å². The monoisotopic (exact) mass is 313 g/mol. The second kappa shape index (κ2) is 5.78. The zero-order valence-corrected chi connectivity index (χ0v) is 12.7. The number of thiophene rings is 1. The molecule has 108 valence electrons. The number of hydrogen-bond donors (Lipinski definition) is 2. The Morgan fingerprint density at radius 2 is 2.20 bits per heavy atom. The van der Waals surface area contributed by atoms with E-state index in [9.17, 15) is 8.42 Å². The lowest BCUT2D eigenvalue weighted by Crippen LogP contribution is -2.16. The minimum Gasteiger partial charge on any atom is -0.481 e. The van der Waals surface area contributed by atoms with Crippen LogP contribution in [0.3, 0.4) is 0 Å². The van der Waals surface area contributed by atoms with Crippen LogP contribution in [-0.4, -0.2) is 20.5 Å². The van der Waals surface area contributed by atoms with E-state index < -0.39 is 10.0 Å². The van der Waals surface area contributed by atoms with Crippen LogP contribution in [0, 0.1) is 6.92 Å². The maximum atomic E-state index is 12.4. The number of hydrogen-bond acceptors (Lipinski definition) is 6. The van der Waals surface area contributed by atoms with E-state index in [1.165, 1.54) is 24.6 Å². The molecule has 8 heteroatoms. The van der Waals surface area contributed by atoms with Gasteiger partial charge in [0.05, 0.1) is 19.0 Å². The van der Waals surface area contributed by atoms with Crippen molar-refractivity contribution in [2.24, 2.45) is 5.73 Å². The molecule has 0 aliphatic heterocycles. The van der Waals surface area contributed by atoms with Gasteiger partial charge in [0.15, 0.2) is 0 Å². The first-order valence-corrected chi connectivity index (χ1v) is 8.14. The van der Waals surface area contributed by atoms with Crippen LogP contribution in [-0.2, 0) is 16.6 Å². The number of ether oxygens (including phenoxy) is 1. The molecule has 0 atom stereocenters. The van der Waals surface area contributed by atoms with E-state index in [0.717, 1.165) is 0 Å². The van der Waals surface area contributed by atoms with Gasteiger partial charge < -0.3 is 10.5 Å². The van der Waals surface area contributed by atoms with Crippen molar-refractivity contribution in [1.82, 2.24) is 4.98 Å². The molecule has 0 saturated heterocycles. The minimum atomic E-state index is -3.66. The van der Waals surface area contributed by atoms with Crippen molar-refractivity contribution in [2.45, 2.75) is 18.4 Å². The van der Waals surface area contributed by atoms with Crippen LogP contribution in [0.4, 0.5) is 5.69 Å². The first kappa shape index (κ1) is 14.8. The highest BCUT2D eigenvalue weighted by molar-refractivity contribution is 7.93. The fourth-order valence-corrected chi connectivity index (χ4v) is 4.50. The van der Waals surface area contributed by atoms with Crippen LogP contribution >= 0.6 is 11.3 Å². The van der Waals surface area contributed by atoms with Gasteiger partial charge in [-0.25, -0.2) is 13.4 Å². The molecule has 2 aromatic rings. The van der Waals surface area contributed by atoms with Gasteiger partial charge in [0, 0.05) is 17.5 Å². The number of nitrogens with two attached hydrogens (primary N) is 1. The molecule has 0 fully saturated rings. The molecule has 2 rings (SSSR count). The number of anilines is 1. The standard InChI is InChI=1S/C12H15N3O3S2/c1-8-7-19-10(5-13)12(8)20(16,17)15-9-3-4-11(18-2)14-6-9/h3-4,6-7,15H,5,13H2,1-2H3. The molecular formula is C12H15N3O3S2. The predicted molar refractivity (Wildman–Crippen MR) is 78.5 cm³/mol. The van der Waals surface area contributed by atoms with E-state index in [0.29, 0.717) is 22.0 Å². The highest BCUT2D eigenvalue weighted by Crippen LogP contribution is 2.28. The van der Waals surface area contributed by atoms with E-state index in [4.69, 9.17) is 10.5 Å². The zero-order chi connectivity index (χ0) is 14.8. The molecule has 6 nitrogen and oxygen atoms in total. The molecule has 0 aliphatic carbocycles. The minimum absolute atomic E-state index is 0.190. The summed E-state index contributed by atoms with van der Waals surface area (Å²) in [4.78, 5) is 4.84. The quantitative estimate of drug-likeness (QED) is 0.876. The van der Waals surface area contributed by atoms with Crippen molar-refractivity contribution in [3.63, 3.8) is 0 Å². The normalized spacial score (nSPS) is 11.3. The largest absolute Gasteiger partial charge is 0.481 e. The fraction of sp³-hybridized carbons (Fsp3) is 0.250. The van der Waals surface area contributed by atoms with Crippen molar-refractivity contribution in [2.75, 3.05) is 11.8 Å². The molecule has 20 heavy (non-hydrogen) atoms. The Morgan fingerprint density at radius 3 is 2.75 bits per heavy atom. The highest BCUT2D eigenvalue weighted by atomic mass is 32.2. The number of aromatic nitrogens is 1. The first-order chi connectivity index (χ1) is 9.47. The second-order valence-corrected chi connectivity index (χ2v) is 6.65. The molecular weight excluding hydrogens is 298 g/mol. The third kappa shape index (κ3) is 2.92. The van der Waals surface area contributed by atoms with Crippen LogP contribution in [0.15, 0.2) is 28.6 Å². The summed E-state index contributed by atoms with van der Waals surface area (Å²) in [6, 6.07) is 3.18. The molecule has 0 spiro atoms. The van der Waals surface area contributed by atoms with Gasteiger partial charge in [-0.3, -0.25) is 4.72 Å². The summed E-state index contributed by atoms with van der Waals surface area (Å²) in [6.45, 7) is 1.94. The maximum absolute atomic E-state index is 12.4. The summed E-state index contributed by atoms with van der Waals surface area (Å²) in [5.41, 5.74) is 6.64. The number of aryl methyl sites for hydroxylation is 1. The summed E-state index contributed by atoms with van der Waals surface area (Å²) >= 11 is 1.34. The molecule has 0 aliphatic rings. The third-order valence-corrected chi connectivity index (χ3v) is 5.51. The van der Waals surface area contributed by atoms with E-state index >= 15 is 0 Å². The van der Waals surface area contributed by atoms with Crippen LogP contribution in [0.25, 0.3) is 0 Å². The van der Waals surface area contributed by atoms with E-state index in [-0.39, 0.29) is 11.4 Å². The lowest BCUT2D eigenvalue weighted by molar-refractivity contribution is 0.398. The Labute approximate surface area is 121 Å². The molecule has 2 heterocycles. The number of sulfonamides is 1. The SMILES string of the molecule is COc1ccc(NS(=O)(=O)c2c(C)csc2CN)cn1. The third-order valence-electron chi connectivity index (χ3n) is 2.64. The van der Waals surface area contributed by atoms with Gasteiger partial charge in [0.2, 0.25) is 5.88 Å². The Kier molecular flexibility index (Phi) is 4.26. The van der Waals surface area contributed by atoms with Gasteiger partial charge in [-0.2, -0.15) is 0 Å². The number of nitrogens with zero attached hydrogens (tertiary/aromatic N) is 1. The lowest BCUT2D eigenvalue weighted by Gasteiger charge is -2.09. The van der Waals surface area contributed by atoms with Crippen LogP contribution < -0.4 is 15.2 Å². The van der Waals surface area contributed by atoms with Crippen molar-refractivity contribution in [1.29, 1.82) is 0 Å². The molecule has 0 aromatic carbocycles. The second-order valence-electron chi connectivity index (χ2n) is 4.07. The van der Waals surface area contributed by atoms with E-state index in [1.54, 1.807) is 24.4 Å². The van der Waals surface area contributed by atoms with E-state index in [2.05, 4.69) is 9.71 Å². The summed E-state index contributed by atoms with van der Waals surface area (Å²) in [5, 5.41) is 1.78. The molecule has 3 N–H and O–H groups in total. The number of nitrogens with one attached hydrogen (secondary N) is 1. The van der Waals surface area contributed by atoms with E-state index in [1.807, 2.05) is 0 Å². The van der Waals surface area contributed by atoms with Crippen molar-refractivity contribution in [3.8, 4) is 5.88 Å². The highest BCUT2D eigenvalue weighted by Gasteiger charge is 2.22. The summed E-state index contributed by atoms with van der Waals surface area (Å²) in [6.07, 6.45) is 1.40. The van der Waals surface area contributed by atoms with Gasteiger partial charge in [-0.05, 0) is 23.9 Å². The van der Waals surface area contributed by atoms with Gasteiger partial charge >= 0.3 is 0 Å². The van der Waals surface area contributed by atoms with Crippen molar-refractivity contribution in [3.05, 3.63) is 34.2 Å². The Morgan fingerprint density at radius 1 is 1.45 bits per heavy atom. The predicted octanol–water partition coefficient (Wildman–Crippen LogP) is 1.72. The molecule has 0 bridgehead atoms. The summed E-state index contributed by atoms with van der Waals surface area (Å²) in [7, 11) is -2.17. The Bertz CT molecular complexity index is 693. The summed E-state index contributed by atoms with van der Waals surface area (Å²) < 4.78 is 32.2. The lowest BCUT2D eigenvalue weighted by atomic mass is 10.3. The van der Waals surface area contributed by atoms with Crippen LogP contribution in [0.1, 0.15) is 10.4 Å². The average Bonchev–Trinajstić information content (AvgIpc) is 2.81. The Balaban J connectivity index is 2.32. The first-order valence-electron chi connectivity index (χ1n) is 5.78. The maximum Gasteiger partial charge on any atom is 0.263 e. The van der Waals surface area contributed by atoms with Crippen LogP contribution in [0.2, 0.25) is 0 Å². The number of rotatable bonds is 5. The molecule has 0 radical (unpaired) electrons. The molecule has 2 aromatic heterocycles. The zero-order valence-electron chi connectivity index (χ0n) is 11.1. The van der Waals surface area contributed by atoms with Gasteiger partial charge in [-0.1, -0.05) is 0 Å². The van der Waals surface area contributed by atoms with Gasteiger partial charge in [0.1, 0.15) is 4.90 Å². The molecule has 0 amide bonds. The topological polar surface area (TPSA) is 94.3 Å². The van der Waals surface area contributed by atoms with Gasteiger partial charge in [-0.15, -0.1) is 11.3 Å². The smallest absolute Gasteiger partial charge is 0.263 e. The molecule has 0 unspecified atom stereocenters. The Hall–Kier alpha value is -1.64. The molecule has 0 saturated carbocycles. The average molecular weight is 313 g/mol. The number of methoxy groups -OCH3 is 1. The van der Waals surface area contributed by atoms with Crippen LogP contribution in [0.5, 0.6) is 5.88 Å². The van der Waals surface area contributed by atoms with Crippen molar-refractivity contribution >= 4 is 27.0 Å². The van der Waals surface area contributed by atoms with Gasteiger partial charge in [0.25, 0.3) is 10.0 Å².